The maximum atomic E-state index is 12.2. The molecule has 6 heteroatoms. The van der Waals surface area contributed by atoms with Crippen molar-refractivity contribution in [1.29, 1.82) is 5.26 Å². The quantitative estimate of drug-likeness (QED) is 0.841. The molecule has 1 atom stereocenters. The Morgan fingerprint density at radius 2 is 2.12 bits per heavy atom. The summed E-state index contributed by atoms with van der Waals surface area (Å²) in [5.74, 6) is -0.946. The Morgan fingerprint density at radius 3 is 2.75 bits per heavy atom. The molecule has 1 heterocycles. The number of aryl methyl sites for hydroxylation is 2. The minimum Gasteiger partial charge on any atom is -0.448 e. The molecule has 1 N–H and O–H groups in total. The molecule has 24 heavy (non-hydrogen) atoms. The number of carbonyl (C=O) groups is 2. The van der Waals surface area contributed by atoms with Crippen molar-refractivity contribution in [1.82, 2.24) is 0 Å². The van der Waals surface area contributed by atoms with Gasteiger partial charge in [0.2, 0.25) is 0 Å². The van der Waals surface area contributed by atoms with Gasteiger partial charge in [-0.25, -0.2) is 4.79 Å². The molecular weight excluding hydrogens is 324 g/mol. The van der Waals surface area contributed by atoms with Gasteiger partial charge in [0.05, 0.1) is 11.6 Å². The number of hydrogen-bond acceptors (Lipinski definition) is 5. The van der Waals surface area contributed by atoms with Crippen LogP contribution >= 0.6 is 11.3 Å². The van der Waals surface area contributed by atoms with Gasteiger partial charge in [0, 0.05) is 10.6 Å². The lowest BCUT2D eigenvalue weighted by Gasteiger charge is -2.13. The van der Waals surface area contributed by atoms with E-state index in [9.17, 15) is 9.59 Å². The Hall–Kier alpha value is -2.65. The molecule has 124 valence electrons. The van der Waals surface area contributed by atoms with Crippen LogP contribution < -0.4 is 5.32 Å². The molecule has 0 spiro atoms. The molecule has 0 fully saturated rings. The highest BCUT2D eigenvalue weighted by Crippen LogP contribution is 2.23. The Labute approximate surface area is 144 Å². The first-order valence-corrected chi connectivity index (χ1v) is 8.37. The number of amides is 1. The summed E-state index contributed by atoms with van der Waals surface area (Å²) < 4.78 is 5.23. The third kappa shape index (κ3) is 4.21. The van der Waals surface area contributed by atoms with Gasteiger partial charge in [-0.3, -0.25) is 4.79 Å². The van der Waals surface area contributed by atoms with Crippen molar-refractivity contribution in [2.75, 3.05) is 5.32 Å². The zero-order valence-electron chi connectivity index (χ0n) is 13.8. The second-order valence-corrected chi connectivity index (χ2v) is 6.44. The largest absolute Gasteiger partial charge is 0.448 e. The van der Waals surface area contributed by atoms with Crippen LogP contribution in [0.5, 0.6) is 0 Å². The topological polar surface area (TPSA) is 79.2 Å². The van der Waals surface area contributed by atoms with E-state index in [1.165, 1.54) is 18.3 Å². The van der Waals surface area contributed by atoms with E-state index in [1.54, 1.807) is 30.3 Å². The zero-order chi connectivity index (χ0) is 17.7. The maximum Gasteiger partial charge on any atom is 0.349 e. The van der Waals surface area contributed by atoms with Crippen LogP contribution in [-0.4, -0.2) is 18.0 Å². The number of hydrogen-bond donors (Lipinski definition) is 1. The summed E-state index contributed by atoms with van der Waals surface area (Å²) in [6.45, 7) is 5.49. The van der Waals surface area contributed by atoms with E-state index >= 15 is 0 Å². The first kappa shape index (κ1) is 17.7. The minimum absolute atomic E-state index is 0.442. The Kier molecular flexibility index (Phi) is 5.72. The van der Waals surface area contributed by atoms with Crippen LogP contribution in [0.4, 0.5) is 5.69 Å². The van der Waals surface area contributed by atoms with Crippen LogP contribution in [0.1, 0.15) is 39.5 Å². The van der Waals surface area contributed by atoms with Crippen molar-refractivity contribution in [2.45, 2.75) is 33.3 Å². The highest BCUT2D eigenvalue weighted by molar-refractivity contribution is 7.14. The van der Waals surface area contributed by atoms with Crippen molar-refractivity contribution in [3.63, 3.8) is 0 Å². The number of esters is 1. The summed E-state index contributed by atoms with van der Waals surface area (Å²) in [5, 5.41) is 11.5. The summed E-state index contributed by atoms with van der Waals surface area (Å²) in [7, 11) is 0. The molecule has 0 aliphatic rings. The van der Waals surface area contributed by atoms with Crippen molar-refractivity contribution < 1.29 is 14.3 Å². The molecule has 2 aromatic rings. The number of anilines is 1. The molecule has 0 unspecified atom stereocenters. The standard InChI is InChI=1S/C18H18N2O3S/c1-4-15-11(2)8-16(24-15)18(22)23-12(3)17(21)20-14-7-5-6-13(9-14)10-19/h5-9,12H,4H2,1-3H3,(H,20,21)/t12-/m0/s1. The van der Waals surface area contributed by atoms with E-state index in [4.69, 9.17) is 10.00 Å². The van der Waals surface area contributed by atoms with Crippen molar-refractivity contribution in [3.05, 3.63) is 51.2 Å². The summed E-state index contributed by atoms with van der Waals surface area (Å²) in [5.41, 5.74) is 1.99. The van der Waals surface area contributed by atoms with E-state index in [2.05, 4.69) is 5.32 Å². The number of nitrogens with zero attached hydrogens (tertiary/aromatic N) is 1. The summed E-state index contributed by atoms with van der Waals surface area (Å²) >= 11 is 1.39. The Balaban J connectivity index is 2.00. The average molecular weight is 342 g/mol. The second kappa shape index (κ2) is 7.75. The number of carbonyl (C=O) groups excluding carboxylic acids is 2. The van der Waals surface area contributed by atoms with E-state index in [-0.39, 0.29) is 0 Å². The van der Waals surface area contributed by atoms with E-state index in [0.29, 0.717) is 16.1 Å². The van der Waals surface area contributed by atoms with Crippen LogP contribution in [0.3, 0.4) is 0 Å². The Morgan fingerprint density at radius 1 is 1.38 bits per heavy atom. The lowest BCUT2D eigenvalue weighted by Crippen LogP contribution is -2.29. The van der Waals surface area contributed by atoms with Gasteiger partial charge < -0.3 is 10.1 Å². The first-order chi connectivity index (χ1) is 11.4. The molecular formula is C18H18N2O3S. The number of rotatable bonds is 5. The van der Waals surface area contributed by atoms with Gasteiger partial charge in [-0.2, -0.15) is 5.26 Å². The maximum absolute atomic E-state index is 12.2. The smallest absolute Gasteiger partial charge is 0.349 e. The lowest BCUT2D eigenvalue weighted by molar-refractivity contribution is -0.123. The predicted molar refractivity (Wildman–Crippen MR) is 93.1 cm³/mol. The van der Waals surface area contributed by atoms with Gasteiger partial charge in [-0.15, -0.1) is 11.3 Å². The number of thiophene rings is 1. The van der Waals surface area contributed by atoms with Crippen LogP contribution in [0.15, 0.2) is 30.3 Å². The highest BCUT2D eigenvalue weighted by Gasteiger charge is 2.21. The van der Waals surface area contributed by atoms with Gasteiger partial charge in [0.15, 0.2) is 6.10 Å². The predicted octanol–water partition coefficient (Wildman–Crippen LogP) is 3.67. The number of ether oxygens (including phenoxy) is 1. The van der Waals surface area contributed by atoms with E-state index < -0.39 is 18.0 Å². The van der Waals surface area contributed by atoms with E-state index in [0.717, 1.165) is 16.9 Å². The van der Waals surface area contributed by atoms with E-state index in [1.807, 2.05) is 19.9 Å². The fourth-order valence-corrected chi connectivity index (χ4v) is 3.15. The van der Waals surface area contributed by atoms with Crippen LogP contribution in [0, 0.1) is 18.3 Å². The molecule has 0 saturated heterocycles. The number of nitrogens with one attached hydrogen (secondary N) is 1. The molecule has 1 aromatic heterocycles. The SMILES string of the molecule is CCc1sc(C(=O)O[C@@H](C)C(=O)Nc2cccc(C#N)c2)cc1C. The molecule has 1 amide bonds. The summed E-state index contributed by atoms with van der Waals surface area (Å²) in [6.07, 6.45) is -0.0783. The monoisotopic (exact) mass is 342 g/mol. The van der Waals surface area contributed by atoms with Crippen LogP contribution in [-0.2, 0) is 16.0 Å². The Bertz CT molecular complexity index is 805. The molecule has 2 rings (SSSR count). The highest BCUT2D eigenvalue weighted by atomic mass is 32.1. The van der Waals surface area contributed by atoms with Gasteiger partial charge in [0.25, 0.3) is 5.91 Å². The summed E-state index contributed by atoms with van der Waals surface area (Å²) in [4.78, 5) is 25.9. The van der Waals surface area contributed by atoms with Crippen molar-refractivity contribution in [2.24, 2.45) is 0 Å². The molecule has 5 nitrogen and oxygen atoms in total. The van der Waals surface area contributed by atoms with Crippen LogP contribution in [0.2, 0.25) is 0 Å². The normalized spacial score (nSPS) is 11.4. The molecule has 0 aliphatic carbocycles. The van der Waals surface area contributed by atoms with Crippen molar-refractivity contribution >= 4 is 28.9 Å². The van der Waals surface area contributed by atoms with Gasteiger partial charge >= 0.3 is 5.97 Å². The summed E-state index contributed by atoms with van der Waals surface area (Å²) in [6, 6.07) is 10.3. The third-order valence-electron chi connectivity index (χ3n) is 3.46. The number of nitriles is 1. The fourth-order valence-electron chi connectivity index (χ4n) is 2.15. The van der Waals surface area contributed by atoms with Gasteiger partial charge in [-0.1, -0.05) is 13.0 Å². The molecule has 0 aliphatic heterocycles. The minimum atomic E-state index is -0.935. The first-order valence-electron chi connectivity index (χ1n) is 7.56. The fraction of sp³-hybridized carbons (Fsp3) is 0.278. The molecule has 0 saturated carbocycles. The third-order valence-corrected chi connectivity index (χ3v) is 4.82. The molecule has 1 aromatic carbocycles. The zero-order valence-corrected chi connectivity index (χ0v) is 14.6. The number of benzene rings is 1. The van der Waals surface area contributed by atoms with Gasteiger partial charge in [-0.05, 0) is 50.1 Å². The van der Waals surface area contributed by atoms with Crippen molar-refractivity contribution in [3.8, 4) is 6.07 Å². The second-order valence-electron chi connectivity index (χ2n) is 5.30. The molecule has 0 radical (unpaired) electrons. The van der Waals surface area contributed by atoms with Gasteiger partial charge in [0.1, 0.15) is 4.88 Å². The molecule has 0 bridgehead atoms. The average Bonchev–Trinajstić information content (AvgIpc) is 2.96. The van der Waals surface area contributed by atoms with Crippen LogP contribution in [0.25, 0.3) is 0 Å². The lowest BCUT2D eigenvalue weighted by atomic mass is 10.2.